The fraction of sp³-hybridized carbons (Fsp3) is 0.188. The topological polar surface area (TPSA) is 20.3 Å². The van der Waals surface area contributed by atoms with E-state index in [1.54, 1.807) is 36.2 Å². The number of nitrogens with zero attached hydrogens (tertiary/aromatic N) is 1. The first-order valence-electron chi connectivity index (χ1n) is 6.34. The lowest BCUT2D eigenvalue weighted by atomic mass is 10.1. The first-order valence-corrected chi connectivity index (χ1v) is 6.34. The quantitative estimate of drug-likeness (QED) is 0.793. The van der Waals surface area contributed by atoms with Crippen LogP contribution in [0.4, 0.5) is 18.9 Å². The molecule has 0 radical (unpaired) electrons. The largest absolute Gasteiger partial charge is 0.416 e. The molecule has 21 heavy (non-hydrogen) atoms. The van der Waals surface area contributed by atoms with Gasteiger partial charge in [0.05, 0.1) is 12.1 Å². The highest BCUT2D eigenvalue weighted by Crippen LogP contribution is 2.30. The Morgan fingerprint density at radius 1 is 1.00 bits per heavy atom. The Balaban J connectivity index is 2.07. The van der Waals surface area contributed by atoms with E-state index >= 15 is 0 Å². The Morgan fingerprint density at radius 2 is 1.57 bits per heavy atom. The minimum Gasteiger partial charge on any atom is -0.367 e. The Labute approximate surface area is 120 Å². The summed E-state index contributed by atoms with van der Waals surface area (Å²) in [6, 6.07) is 13.5. The highest BCUT2D eigenvalue weighted by molar-refractivity contribution is 5.99. The van der Waals surface area contributed by atoms with Crippen LogP contribution >= 0.6 is 0 Å². The van der Waals surface area contributed by atoms with Gasteiger partial charge in [0, 0.05) is 18.3 Å². The maximum absolute atomic E-state index is 12.5. The third kappa shape index (κ3) is 3.84. The van der Waals surface area contributed by atoms with Crippen molar-refractivity contribution in [2.75, 3.05) is 18.5 Å². The predicted molar refractivity (Wildman–Crippen MR) is 75.5 cm³/mol. The van der Waals surface area contributed by atoms with E-state index in [-0.39, 0.29) is 12.3 Å². The van der Waals surface area contributed by atoms with Crippen molar-refractivity contribution in [1.82, 2.24) is 0 Å². The van der Waals surface area contributed by atoms with E-state index in [1.807, 2.05) is 6.07 Å². The average Bonchev–Trinajstić information content (AvgIpc) is 2.47. The minimum atomic E-state index is -4.35. The molecule has 0 amide bonds. The first kappa shape index (κ1) is 15.1. The van der Waals surface area contributed by atoms with Crippen LogP contribution in [0.1, 0.15) is 15.9 Å². The summed E-state index contributed by atoms with van der Waals surface area (Å²) in [6.45, 7) is 0.107. The van der Waals surface area contributed by atoms with Crippen molar-refractivity contribution in [2.24, 2.45) is 0 Å². The van der Waals surface area contributed by atoms with Crippen molar-refractivity contribution in [1.29, 1.82) is 0 Å². The smallest absolute Gasteiger partial charge is 0.367 e. The summed E-state index contributed by atoms with van der Waals surface area (Å²) < 4.78 is 37.5. The molecule has 0 fully saturated rings. The van der Waals surface area contributed by atoms with E-state index in [9.17, 15) is 18.0 Å². The number of carbonyl (C=O) groups excluding carboxylic acids is 1. The Bertz CT molecular complexity index is 606. The van der Waals surface area contributed by atoms with Crippen LogP contribution in [0.15, 0.2) is 54.6 Å². The number of alkyl halides is 3. The lowest BCUT2D eigenvalue weighted by molar-refractivity contribution is -0.137. The first-order chi connectivity index (χ1) is 9.88. The molecular weight excluding hydrogens is 279 g/mol. The molecule has 5 heteroatoms. The molecule has 0 spiro atoms. The number of halogens is 3. The van der Waals surface area contributed by atoms with Gasteiger partial charge in [0.2, 0.25) is 0 Å². The lowest BCUT2D eigenvalue weighted by Gasteiger charge is -2.19. The second-order valence-electron chi connectivity index (χ2n) is 4.69. The second kappa shape index (κ2) is 5.99. The van der Waals surface area contributed by atoms with Crippen LogP contribution in [0.2, 0.25) is 0 Å². The summed E-state index contributed by atoms with van der Waals surface area (Å²) in [5.74, 6) is -0.0852. The van der Waals surface area contributed by atoms with Gasteiger partial charge in [-0.25, -0.2) is 0 Å². The number of rotatable bonds is 4. The van der Waals surface area contributed by atoms with Crippen molar-refractivity contribution in [3.8, 4) is 0 Å². The molecule has 0 atom stereocenters. The van der Waals surface area contributed by atoms with Crippen molar-refractivity contribution in [2.45, 2.75) is 6.18 Å². The number of benzene rings is 2. The summed E-state index contributed by atoms with van der Waals surface area (Å²) in [7, 11) is 1.67. The third-order valence-electron chi connectivity index (χ3n) is 3.11. The number of Topliss-reactive ketones (excluding diaryl/α,β-unsaturated/α-hetero) is 1. The van der Waals surface area contributed by atoms with E-state index in [4.69, 9.17) is 0 Å². The summed E-state index contributed by atoms with van der Waals surface area (Å²) in [5.41, 5.74) is 0.442. The molecule has 0 bridgehead atoms. The summed E-state index contributed by atoms with van der Waals surface area (Å²) in [4.78, 5) is 13.7. The Hall–Kier alpha value is -2.30. The van der Waals surface area contributed by atoms with Gasteiger partial charge in [-0.15, -0.1) is 0 Å². The van der Waals surface area contributed by atoms with Gasteiger partial charge in [0.1, 0.15) is 0 Å². The molecule has 2 aromatic carbocycles. The zero-order valence-electron chi connectivity index (χ0n) is 11.4. The number of anilines is 1. The predicted octanol–water partition coefficient (Wildman–Crippen LogP) is 4.02. The Morgan fingerprint density at radius 3 is 2.10 bits per heavy atom. The lowest BCUT2D eigenvalue weighted by Crippen LogP contribution is -2.25. The molecule has 110 valence electrons. The standard InChI is InChI=1S/C16H14F3NO/c1-20(11-15(21)12-5-3-2-4-6-12)14-9-7-13(8-10-14)16(17,18)19/h2-10H,11H2,1H3. The van der Waals surface area contributed by atoms with Crippen LogP contribution in [-0.2, 0) is 6.18 Å². The van der Waals surface area contributed by atoms with Crippen LogP contribution in [0.25, 0.3) is 0 Å². The number of hydrogen-bond donors (Lipinski definition) is 0. The summed E-state index contributed by atoms with van der Waals surface area (Å²) in [5, 5.41) is 0. The summed E-state index contributed by atoms with van der Waals surface area (Å²) >= 11 is 0. The molecule has 0 saturated heterocycles. The van der Waals surface area contributed by atoms with Gasteiger partial charge in [-0.1, -0.05) is 30.3 Å². The van der Waals surface area contributed by atoms with Crippen LogP contribution in [0, 0.1) is 0 Å². The van der Waals surface area contributed by atoms with E-state index < -0.39 is 11.7 Å². The maximum Gasteiger partial charge on any atom is 0.416 e. The molecule has 0 unspecified atom stereocenters. The molecular formula is C16H14F3NO. The molecule has 2 aromatic rings. The zero-order chi connectivity index (χ0) is 15.5. The van der Waals surface area contributed by atoms with Gasteiger partial charge < -0.3 is 4.90 Å². The van der Waals surface area contributed by atoms with E-state index in [0.29, 0.717) is 11.3 Å². The van der Waals surface area contributed by atoms with Crippen LogP contribution < -0.4 is 4.90 Å². The molecule has 0 aliphatic heterocycles. The number of carbonyl (C=O) groups is 1. The minimum absolute atomic E-state index is 0.0852. The zero-order valence-corrected chi connectivity index (χ0v) is 11.4. The van der Waals surface area contributed by atoms with Crippen molar-refractivity contribution in [3.63, 3.8) is 0 Å². The molecule has 0 aliphatic carbocycles. The highest BCUT2D eigenvalue weighted by Gasteiger charge is 2.30. The summed E-state index contributed by atoms with van der Waals surface area (Å²) in [6.07, 6.45) is -4.35. The van der Waals surface area contributed by atoms with Gasteiger partial charge >= 0.3 is 6.18 Å². The molecule has 2 nitrogen and oxygen atoms in total. The van der Waals surface area contributed by atoms with Crippen LogP contribution in [-0.4, -0.2) is 19.4 Å². The van der Waals surface area contributed by atoms with Crippen molar-refractivity contribution < 1.29 is 18.0 Å². The maximum atomic E-state index is 12.5. The van der Waals surface area contributed by atoms with E-state index in [1.165, 1.54) is 12.1 Å². The van der Waals surface area contributed by atoms with Gasteiger partial charge in [-0.3, -0.25) is 4.79 Å². The fourth-order valence-electron chi connectivity index (χ4n) is 1.93. The number of hydrogen-bond acceptors (Lipinski definition) is 2. The number of ketones is 1. The second-order valence-corrected chi connectivity index (χ2v) is 4.69. The molecule has 0 aliphatic rings. The molecule has 0 saturated carbocycles. The van der Waals surface area contributed by atoms with Gasteiger partial charge in [0.25, 0.3) is 0 Å². The highest BCUT2D eigenvalue weighted by atomic mass is 19.4. The molecule has 0 heterocycles. The molecule has 2 rings (SSSR count). The van der Waals surface area contributed by atoms with Gasteiger partial charge in [0.15, 0.2) is 5.78 Å². The third-order valence-corrected chi connectivity index (χ3v) is 3.11. The number of likely N-dealkylation sites (N-methyl/N-ethyl adjacent to an activating group) is 1. The van der Waals surface area contributed by atoms with E-state index in [0.717, 1.165) is 12.1 Å². The van der Waals surface area contributed by atoms with E-state index in [2.05, 4.69) is 0 Å². The Kier molecular flexibility index (Phi) is 4.31. The van der Waals surface area contributed by atoms with Gasteiger partial charge in [-0.2, -0.15) is 13.2 Å². The van der Waals surface area contributed by atoms with Crippen LogP contribution in [0.3, 0.4) is 0 Å². The van der Waals surface area contributed by atoms with Crippen molar-refractivity contribution in [3.05, 3.63) is 65.7 Å². The van der Waals surface area contributed by atoms with Crippen molar-refractivity contribution >= 4 is 11.5 Å². The monoisotopic (exact) mass is 293 g/mol. The van der Waals surface area contributed by atoms with Crippen LogP contribution in [0.5, 0.6) is 0 Å². The van der Waals surface area contributed by atoms with Gasteiger partial charge in [-0.05, 0) is 24.3 Å². The fourth-order valence-corrected chi connectivity index (χ4v) is 1.93. The average molecular weight is 293 g/mol. The molecule has 0 aromatic heterocycles. The SMILES string of the molecule is CN(CC(=O)c1ccccc1)c1ccc(C(F)(F)F)cc1. The normalized spacial score (nSPS) is 11.2. The molecule has 0 N–H and O–H groups in total.